The zero-order valence-electron chi connectivity index (χ0n) is 22.7. The number of hydrogen-bond acceptors (Lipinski definition) is 5. The molecule has 0 radical (unpaired) electrons. The van der Waals surface area contributed by atoms with Gasteiger partial charge in [0, 0.05) is 60.4 Å². The summed E-state index contributed by atoms with van der Waals surface area (Å²) in [4.78, 5) is 11.7. The van der Waals surface area contributed by atoms with E-state index in [-0.39, 0.29) is 0 Å². The molecule has 0 amide bonds. The van der Waals surface area contributed by atoms with E-state index in [0.717, 1.165) is 55.1 Å². The molecular formula is C32H38N6. The molecular weight excluding hydrogens is 468 g/mol. The Morgan fingerprint density at radius 2 is 1.58 bits per heavy atom. The smallest absolute Gasteiger partial charge is 0.225 e. The van der Waals surface area contributed by atoms with Crippen molar-refractivity contribution in [1.82, 2.24) is 19.9 Å². The first-order valence-corrected chi connectivity index (χ1v) is 14.0. The predicted octanol–water partition coefficient (Wildman–Crippen LogP) is 6.58. The van der Waals surface area contributed by atoms with Gasteiger partial charge in [-0.1, -0.05) is 36.4 Å². The fourth-order valence-corrected chi connectivity index (χ4v) is 6.13. The third-order valence-electron chi connectivity index (χ3n) is 8.10. The molecule has 0 atom stereocenters. The Morgan fingerprint density at radius 1 is 0.842 bits per heavy atom. The van der Waals surface area contributed by atoms with E-state index in [1.54, 1.807) is 0 Å². The van der Waals surface area contributed by atoms with E-state index in [4.69, 9.17) is 9.97 Å². The van der Waals surface area contributed by atoms with Gasteiger partial charge in [0.2, 0.25) is 5.95 Å². The van der Waals surface area contributed by atoms with Gasteiger partial charge in [-0.05, 0) is 81.0 Å². The fourth-order valence-electron chi connectivity index (χ4n) is 6.13. The van der Waals surface area contributed by atoms with Gasteiger partial charge in [0.25, 0.3) is 0 Å². The molecule has 0 unspecified atom stereocenters. The number of benzene rings is 3. The van der Waals surface area contributed by atoms with Gasteiger partial charge in [-0.2, -0.15) is 4.98 Å². The van der Waals surface area contributed by atoms with Crippen molar-refractivity contribution in [2.24, 2.45) is 5.92 Å². The highest BCUT2D eigenvalue weighted by molar-refractivity contribution is 6.08. The van der Waals surface area contributed by atoms with Crippen LogP contribution >= 0.6 is 0 Å². The molecule has 1 aliphatic carbocycles. The summed E-state index contributed by atoms with van der Waals surface area (Å²) in [5, 5.41) is 11.2. The fraction of sp³-hybridized carbons (Fsp3) is 0.375. The van der Waals surface area contributed by atoms with Gasteiger partial charge >= 0.3 is 0 Å². The lowest BCUT2D eigenvalue weighted by Gasteiger charge is -2.29. The highest BCUT2D eigenvalue weighted by Crippen LogP contribution is 2.31. The first-order chi connectivity index (χ1) is 18.6. The number of hydrogen-bond donors (Lipinski definition) is 2. The second-order valence-electron chi connectivity index (χ2n) is 10.9. The molecule has 6 heteroatoms. The third-order valence-corrected chi connectivity index (χ3v) is 8.10. The van der Waals surface area contributed by atoms with Crippen molar-refractivity contribution in [3.63, 3.8) is 0 Å². The van der Waals surface area contributed by atoms with E-state index in [1.807, 2.05) is 26.2 Å². The van der Waals surface area contributed by atoms with Crippen LogP contribution < -0.4 is 15.5 Å². The molecule has 6 nitrogen and oxygen atoms in total. The van der Waals surface area contributed by atoms with Crippen LogP contribution in [0.15, 0.2) is 66.7 Å². The van der Waals surface area contributed by atoms with Crippen molar-refractivity contribution in [3.05, 3.63) is 72.3 Å². The maximum atomic E-state index is 4.83. The average Bonchev–Trinajstić information content (AvgIpc) is 3.26. The van der Waals surface area contributed by atoms with Crippen molar-refractivity contribution in [2.75, 3.05) is 30.9 Å². The average molecular weight is 507 g/mol. The molecule has 0 bridgehead atoms. The van der Waals surface area contributed by atoms with E-state index in [0.29, 0.717) is 12.0 Å². The number of aromatic nitrogens is 3. The standard InChI is InChI=1S/C32H38N6/c1-4-38-29-12-8-6-9-25(29)27-19-23(15-18-30(27)38)21-33-20-22-13-16-24(17-14-22)34-32-35-28-11-7-5-10-26(28)31(36-32)37(2)3/h5-12,15,18-19,22,24,33H,4,13-14,16-17,20-21H2,1-3H3,(H,34,35,36)/t22-,24+. The molecule has 2 heterocycles. The van der Waals surface area contributed by atoms with Crippen molar-refractivity contribution in [3.8, 4) is 0 Å². The largest absolute Gasteiger partial charge is 0.362 e. The van der Waals surface area contributed by atoms with E-state index in [1.165, 1.54) is 40.2 Å². The van der Waals surface area contributed by atoms with Gasteiger partial charge < -0.3 is 20.1 Å². The summed E-state index contributed by atoms with van der Waals surface area (Å²) in [5.74, 6) is 2.43. The van der Waals surface area contributed by atoms with Crippen LogP contribution in [0.5, 0.6) is 0 Å². The Morgan fingerprint density at radius 3 is 2.37 bits per heavy atom. The molecule has 2 aromatic heterocycles. The molecule has 1 fully saturated rings. The summed E-state index contributed by atoms with van der Waals surface area (Å²) >= 11 is 0. The normalized spacial score (nSPS) is 17.9. The molecule has 0 spiro atoms. The number of nitrogens with zero attached hydrogens (tertiary/aromatic N) is 4. The van der Waals surface area contributed by atoms with Gasteiger partial charge in [0.05, 0.1) is 5.52 Å². The molecule has 0 aliphatic heterocycles. The maximum Gasteiger partial charge on any atom is 0.225 e. The quantitative estimate of drug-likeness (QED) is 0.249. The van der Waals surface area contributed by atoms with Gasteiger partial charge in [-0.3, -0.25) is 0 Å². The lowest BCUT2D eigenvalue weighted by molar-refractivity contribution is 0.324. The molecule has 0 saturated heterocycles. The summed E-state index contributed by atoms with van der Waals surface area (Å²) in [6, 6.07) is 24.4. The van der Waals surface area contributed by atoms with E-state index >= 15 is 0 Å². The van der Waals surface area contributed by atoms with Crippen molar-refractivity contribution < 1.29 is 0 Å². The lowest BCUT2D eigenvalue weighted by Crippen LogP contribution is -2.31. The molecule has 196 valence electrons. The Hall–Kier alpha value is -3.64. The van der Waals surface area contributed by atoms with Crippen molar-refractivity contribution in [1.29, 1.82) is 0 Å². The van der Waals surface area contributed by atoms with Gasteiger partial charge in [0.1, 0.15) is 5.82 Å². The predicted molar refractivity (Wildman–Crippen MR) is 160 cm³/mol. The van der Waals surface area contributed by atoms with E-state index < -0.39 is 0 Å². The number of anilines is 2. The Bertz CT molecular complexity index is 1560. The minimum Gasteiger partial charge on any atom is -0.362 e. The second kappa shape index (κ2) is 10.6. The molecule has 38 heavy (non-hydrogen) atoms. The van der Waals surface area contributed by atoms with Gasteiger partial charge in [-0.15, -0.1) is 0 Å². The number of rotatable bonds is 8. The van der Waals surface area contributed by atoms with Crippen LogP contribution in [-0.2, 0) is 13.1 Å². The number of para-hydroxylation sites is 2. The number of nitrogens with one attached hydrogen (secondary N) is 2. The van der Waals surface area contributed by atoms with Gasteiger partial charge in [0.15, 0.2) is 0 Å². The zero-order chi connectivity index (χ0) is 26.1. The van der Waals surface area contributed by atoms with Gasteiger partial charge in [-0.25, -0.2) is 4.98 Å². The second-order valence-corrected chi connectivity index (χ2v) is 10.9. The van der Waals surface area contributed by atoms with Crippen LogP contribution in [0, 0.1) is 5.92 Å². The topological polar surface area (TPSA) is 58.0 Å². The highest BCUT2D eigenvalue weighted by atomic mass is 15.2. The van der Waals surface area contributed by atoms with Crippen LogP contribution in [0.3, 0.4) is 0 Å². The van der Waals surface area contributed by atoms with E-state index in [2.05, 4.69) is 81.6 Å². The minimum atomic E-state index is 0.431. The van der Waals surface area contributed by atoms with Crippen LogP contribution in [0.4, 0.5) is 11.8 Å². The first-order valence-electron chi connectivity index (χ1n) is 14.0. The molecule has 1 aliphatic rings. The maximum absolute atomic E-state index is 4.83. The lowest BCUT2D eigenvalue weighted by atomic mass is 9.86. The summed E-state index contributed by atoms with van der Waals surface area (Å²) in [5.41, 5.74) is 5.00. The number of fused-ring (bicyclic) bond motifs is 4. The summed E-state index contributed by atoms with van der Waals surface area (Å²) in [6.07, 6.45) is 4.76. The first kappa shape index (κ1) is 24.7. The Balaban J connectivity index is 1.04. The van der Waals surface area contributed by atoms with Crippen LogP contribution in [0.1, 0.15) is 38.2 Å². The molecule has 3 aromatic carbocycles. The molecule has 5 aromatic rings. The number of aryl methyl sites for hydroxylation is 1. The summed E-state index contributed by atoms with van der Waals surface area (Å²) in [7, 11) is 4.08. The van der Waals surface area contributed by atoms with Crippen LogP contribution in [-0.4, -0.2) is 41.2 Å². The van der Waals surface area contributed by atoms with Crippen LogP contribution in [0.2, 0.25) is 0 Å². The molecule has 6 rings (SSSR count). The van der Waals surface area contributed by atoms with Crippen LogP contribution in [0.25, 0.3) is 32.7 Å². The zero-order valence-corrected chi connectivity index (χ0v) is 22.7. The molecule has 2 N–H and O–H groups in total. The Kier molecular flexibility index (Phi) is 6.90. The van der Waals surface area contributed by atoms with E-state index in [9.17, 15) is 0 Å². The third kappa shape index (κ3) is 4.81. The SMILES string of the molecule is CCn1c2ccccc2c2cc(CNC[C@H]3CC[C@@H](Nc4nc(N(C)C)c5ccccc5n4)CC3)ccc21. The summed E-state index contributed by atoms with van der Waals surface area (Å²) in [6.45, 7) is 5.20. The Labute approximate surface area is 225 Å². The van der Waals surface area contributed by atoms with Crippen molar-refractivity contribution >= 4 is 44.5 Å². The monoisotopic (exact) mass is 506 g/mol. The molecule has 1 saturated carbocycles. The minimum absolute atomic E-state index is 0.431. The van der Waals surface area contributed by atoms with Crippen molar-refractivity contribution in [2.45, 2.75) is 51.7 Å². The highest BCUT2D eigenvalue weighted by Gasteiger charge is 2.22. The summed E-state index contributed by atoms with van der Waals surface area (Å²) < 4.78 is 2.42.